The lowest BCUT2D eigenvalue weighted by Gasteiger charge is -2.03. The number of hydrogen-bond acceptors (Lipinski definition) is 1. The Bertz CT molecular complexity index is 1560. The molecule has 0 fully saturated rings. The molecule has 1 aliphatic heterocycles. The highest BCUT2D eigenvalue weighted by Gasteiger charge is 2.35. The molecule has 0 bridgehead atoms. The Morgan fingerprint density at radius 3 is 2.09 bits per heavy atom. The molecule has 0 spiro atoms. The zero-order chi connectivity index (χ0) is 22.4. The van der Waals surface area contributed by atoms with Crippen molar-refractivity contribution in [2.75, 3.05) is 0 Å². The Labute approximate surface area is 205 Å². The molecule has 0 radical (unpaired) electrons. The van der Waals surface area contributed by atoms with E-state index in [0.29, 0.717) is 0 Å². The van der Waals surface area contributed by atoms with Crippen molar-refractivity contribution in [1.29, 1.82) is 0 Å². The number of rotatable bonds is 3. The summed E-state index contributed by atoms with van der Waals surface area (Å²) in [6.45, 7) is 4.38. The molecular formula is C30H24ClN3. The van der Waals surface area contributed by atoms with Gasteiger partial charge in [0.15, 0.2) is 0 Å². The fourth-order valence-electron chi connectivity index (χ4n) is 4.92. The van der Waals surface area contributed by atoms with Crippen molar-refractivity contribution < 1.29 is 17.0 Å². The van der Waals surface area contributed by atoms with E-state index in [-0.39, 0.29) is 12.4 Å². The minimum absolute atomic E-state index is 0. The summed E-state index contributed by atoms with van der Waals surface area (Å²) in [6.07, 6.45) is 4.22. The lowest BCUT2D eigenvalue weighted by atomic mass is 10.0. The van der Waals surface area contributed by atoms with Gasteiger partial charge < -0.3 is 12.4 Å². The normalized spacial score (nSPS) is 13.9. The van der Waals surface area contributed by atoms with Crippen LogP contribution in [0, 0.1) is 6.92 Å². The van der Waals surface area contributed by atoms with E-state index < -0.39 is 0 Å². The number of nitrogens with zero attached hydrogens (tertiary/aromatic N) is 3. The number of pyridine rings is 2. The second-order valence-electron chi connectivity index (χ2n) is 8.40. The molecular weight excluding hydrogens is 438 g/mol. The van der Waals surface area contributed by atoms with Gasteiger partial charge in [-0.25, -0.2) is 0 Å². The number of fused-ring (bicyclic) bond motifs is 2. The number of allylic oxidation sites excluding steroid dienone is 2. The quantitative estimate of drug-likeness (QED) is 0.365. The predicted octanol–water partition coefficient (Wildman–Crippen LogP) is 3.73. The van der Waals surface area contributed by atoms with E-state index >= 15 is 0 Å². The predicted molar refractivity (Wildman–Crippen MR) is 136 cm³/mol. The van der Waals surface area contributed by atoms with Gasteiger partial charge in [0, 0.05) is 11.8 Å². The molecule has 0 unspecified atom stereocenters. The fourth-order valence-corrected chi connectivity index (χ4v) is 4.92. The van der Waals surface area contributed by atoms with E-state index in [1.165, 1.54) is 44.6 Å². The van der Waals surface area contributed by atoms with Crippen LogP contribution in [0.4, 0.5) is 5.82 Å². The van der Waals surface area contributed by atoms with Crippen LogP contribution in [-0.2, 0) is 0 Å². The molecule has 4 heterocycles. The Morgan fingerprint density at radius 1 is 0.706 bits per heavy atom. The van der Waals surface area contributed by atoms with Gasteiger partial charge in [-0.1, -0.05) is 72.8 Å². The summed E-state index contributed by atoms with van der Waals surface area (Å²) in [5.74, 6) is 1.91. The number of benzene rings is 2. The molecule has 0 saturated carbocycles. The average Bonchev–Trinajstić information content (AvgIpc) is 3.32. The minimum atomic E-state index is 0. The molecule has 0 N–H and O–H groups in total. The second kappa shape index (κ2) is 8.77. The Hall–Kier alpha value is -3.95. The van der Waals surface area contributed by atoms with Gasteiger partial charge in [0.05, 0.1) is 22.9 Å². The molecule has 2 aromatic carbocycles. The summed E-state index contributed by atoms with van der Waals surface area (Å²) in [5.41, 5.74) is 9.52. The lowest BCUT2D eigenvalue weighted by molar-refractivity contribution is -0.553. The van der Waals surface area contributed by atoms with Crippen molar-refractivity contribution in [3.63, 3.8) is 0 Å². The molecule has 6 rings (SSSR count). The molecule has 166 valence electrons. The fraction of sp³-hybridized carbons (Fsp3) is 0.0667. The third-order valence-electron chi connectivity index (χ3n) is 6.48. The highest BCUT2D eigenvalue weighted by molar-refractivity contribution is 6.28. The van der Waals surface area contributed by atoms with E-state index in [4.69, 9.17) is 4.99 Å². The van der Waals surface area contributed by atoms with Gasteiger partial charge in [0.25, 0.3) is 5.82 Å². The largest absolute Gasteiger partial charge is 1.00 e. The van der Waals surface area contributed by atoms with E-state index in [1.54, 1.807) is 0 Å². The second-order valence-corrected chi connectivity index (χ2v) is 8.40. The molecule has 0 amide bonds. The van der Waals surface area contributed by atoms with Gasteiger partial charge in [-0.3, -0.25) is 4.40 Å². The van der Waals surface area contributed by atoms with Crippen LogP contribution in [0.15, 0.2) is 114 Å². The first kappa shape index (κ1) is 21.9. The summed E-state index contributed by atoms with van der Waals surface area (Å²) >= 11 is 0. The van der Waals surface area contributed by atoms with Gasteiger partial charge >= 0.3 is 5.84 Å². The number of aliphatic imine (C=N–C) groups is 1. The molecule has 0 atom stereocenters. The summed E-state index contributed by atoms with van der Waals surface area (Å²) in [5, 5.41) is 0. The zero-order valence-corrected chi connectivity index (χ0v) is 19.9. The van der Waals surface area contributed by atoms with Crippen molar-refractivity contribution in [3.8, 4) is 11.1 Å². The van der Waals surface area contributed by atoms with Gasteiger partial charge in [-0.15, -0.1) is 0 Å². The maximum Gasteiger partial charge on any atom is 0.339 e. The van der Waals surface area contributed by atoms with Crippen LogP contribution in [-0.4, -0.2) is 10.2 Å². The molecule has 3 aromatic heterocycles. The maximum absolute atomic E-state index is 5.42. The Balaban J connectivity index is 0.00000241. The first-order valence-corrected chi connectivity index (χ1v) is 11.3. The topological polar surface area (TPSA) is 20.6 Å². The van der Waals surface area contributed by atoms with Crippen LogP contribution in [0.1, 0.15) is 23.7 Å². The first-order valence-electron chi connectivity index (χ1n) is 11.3. The molecule has 34 heavy (non-hydrogen) atoms. The van der Waals surface area contributed by atoms with Crippen LogP contribution in [0.3, 0.4) is 0 Å². The third-order valence-corrected chi connectivity index (χ3v) is 6.48. The maximum atomic E-state index is 5.42. The Kier molecular flexibility index (Phi) is 5.64. The molecule has 0 saturated heterocycles. The summed E-state index contributed by atoms with van der Waals surface area (Å²) < 4.78 is 4.42. The number of halogens is 1. The van der Waals surface area contributed by atoms with E-state index in [1.807, 2.05) is 0 Å². The van der Waals surface area contributed by atoms with Crippen LogP contribution in [0.5, 0.6) is 0 Å². The Morgan fingerprint density at radius 2 is 1.35 bits per heavy atom. The minimum Gasteiger partial charge on any atom is -1.00 e. The van der Waals surface area contributed by atoms with Crippen LogP contribution >= 0.6 is 0 Å². The molecule has 4 heteroatoms. The van der Waals surface area contributed by atoms with E-state index in [0.717, 1.165) is 11.7 Å². The van der Waals surface area contributed by atoms with Crippen molar-refractivity contribution >= 4 is 28.3 Å². The smallest absolute Gasteiger partial charge is 0.339 e. The van der Waals surface area contributed by atoms with E-state index in [9.17, 15) is 0 Å². The third kappa shape index (κ3) is 3.37. The monoisotopic (exact) mass is 461 g/mol. The zero-order valence-electron chi connectivity index (χ0n) is 19.1. The van der Waals surface area contributed by atoms with Crippen molar-refractivity contribution in [2.45, 2.75) is 13.8 Å². The SMILES string of the molecule is CC1=C(c2ccccc2)/C(=N\c2c(-c3ccccc3)c(C)c3ccccn23)[n+]2ccccc21.[Cl-]. The molecule has 3 nitrogen and oxygen atoms in total. The van der Waals surface area contributed by atoms with Gasteiger partial charge in [-0.05, 0) is 59.8 Å². The van der Waals surface area contributed by atoms with E-state index in [2.05, 4.69) is 132 Å². The van der Waals surface area contributed by atoms with Crippen LogP contribution in [0.2, 0.25) is 0 Å². The molecule has 0 aliphatic carbocycles. The molecule has 1 aliphatic rings. The van der Waals surface area contributed by atoms with Crippen molar-refractivity contribution in [1.82, 2.24) is 4.40 Å². The highest BCUT2D eigenvalue weighted by Crippen LogP contribution is 2.40. The van der Waals surface area contributed by atoms with Crippen LogP contribution in [0.25, 0.3) is 27.8 Å². The van der Waals surface area contributed by atoms with Crippen LogP contribution < -0.4 is 17.0 Å². The highest BCUT2D eigenvalue weighted by atomic mass is 35.5. The van der Waals surface area contributed by atoms with Gasteiger partial charge in [0.1, 0.15) is 5.69 Å². The van der Waals surface area contributed by atoms with Crippen molar-refractivity contribution in [3.05, 3.63) is 126 Å². The van der Waals surface area contributed by atoms with Gasteiger partial charge in [-0.2, -0.15) is 4.57 Å². The number of aromatic nitrogens is 2. The van der Waals surface area contributed by atoms with Gasteiger partial charge in [0.2, 0.25) is 0 Å². The first-order chi connectivity index (χ1) is 16.2. The average molecular weight is 462 g/mol. The standard InChI is InChI=1S/C30H24N3.ClH/c1-21-25-17-9-11-19-32(25)29(27(21)23-13-5-3-6-14-23)31-30-28(24-15-7-4-8-16-24)22(2)26-18-10-12-20-33(26)30;/h3-20H,1-2H3;1H/q+1;/p-1. The summed E-state index contributed by atoms with van der Waals surface area (Å²) in [7, 11) is 0. The van der Waals surface area contributed by atoms with Crippen molar-refractivity contribution in [2.24, 2.45) is 4.99 Å². The molecule has 5 aromatic rings. The lowest BCUT2D eigenvalue weighted by Crippen LogP contribution is -3.00. The number of aryl methyl sites for hydroxylation is 1. The summed E-state index contributed by atoms with van der Waals surface area (Å²) in [4.78, 5) is 5.42. The number of hydrogen-bond donors (Lipinski definition) is 0. The summed E-state index contributed by atoms with van der Waals surface area (Å²) in [6, 6.07) is 33.8.